The van der Waals surface area contributed by atoms with Crippen LogP contribution in [0.4, 0.5) is 5.82 Å². The number of aromatic nitrogens is 1. The molecule has 21 heavy (non-hydrogen) atoms. The minimum Gasteiger partial charge on any atom is -0.479 e. The van der Waals surface area contributed by atoms with Crippen molar-refractivity contribution in [2.24, 2.45) is 0 Å². The summed E-state index contributed by atoms with van der Waals surface area (Å²) in [6.07, 6.45) is -0.145. The molecule has 0 aliphatic heterocycles. The van der Waals surface area contributed by atoms with Gasteiger partial charge in [0.2, 0.25) is 0 Å². The highest BCUT2D eigenvalue weighted by Crippen LogP contribution is 2.27. The number of halogens is 1. The number of amides is 1. The molecule has 1 amide bonds. The van der Waals surface area contributed by atoms with E-state index >= 15 is 0 Å². The van der Waals surface area contributed by atoms with Crippen molar-refractivity contribution in [3.05, 3.63) is 40.6 Å². The van der Waals surface area contributed by atoms with E-state index in [9.17, 15) is 4.79 Å². The Morgan fingerprint density at radius 1 is 1.43 bits per heavy atom. The Morgan fingerprint density at radius 3 is 2.81 bits per heavy atom. The Bertz CT molecular complexity index is 640. The van der Waals surface area contributed by atoms with E-state index in [0.717, 1.165) is 5.56 Å². The molecule has 1 N–H and O–H groups in total. The summed E-state index contributed by atoms with van der Waals surface area (Å²) in [6.45, 7) is 5.55. The summed E-state index contributed by atoms with van der Waals surface area (Å²) in [4.78, 5) is 12.2. The zero-order valence-corrected chi connectivity index (χ0v) is 12.9. The molecule has 2 rings (SSSR count). The third-order valence-corrected chi connectivity index (χ3v) is 3.21. The molecule has 0 fully saturated rings. The molecule has 0 bridgehead atoms. The second kappa shape index (κ2) is 6.63. The van der Waals surface area contributed by atoms with Crippen LogP contribution in [-0.2, 0) is 4.79 Å². The molecule has 6 heteroatoms. The van der Waals surface area contributed by atoms with Crippen molar-refractivity contribution in [1.29, 1.82) is 0 Å². The van der Waals surface area contributed by atoms with Crippen LogP contribution >= 0.6 is 11.6 Å². The van der Waals surface area contributed by atoms with Gasteiger partial charge in [-0.1, -0.05) is 29.7 Å². The molecule has 0 aliphatic rings. The first kappa shape index (κ1) is 15.4. The maximum Gasteiger partial charge on any atom is 0.266 e. The lowest BCUT2D eigenvalue weighted by Gasteiger charge is -2.17. The predicted octanol–water partition coefficient (Wildman–Crippen LogP) is 3.74. The number of nitrogens with one attached hydrogen (secondary N) is 1. The molecule has 2 aromatic rings. The zero-order chi connectivity index (χ0) is 15.4. The van der Waals surface area contributed by atoms with Gasteiger partial charge in [-0.15, -0.1) is 0 Å². The monoisotopic (exact) mass is 308 g/mol. The number of benzene rings is 1. The van der Waals surface area contributed by atoms with E-state index in [1.807, 2.05) is 19.9 Å². The number of aryl methyl sites for hydroxylation is 2. The van der Waals surface area contributed by atoms with Gasteiger partial charge in [0.15, 0.2) is 11.9 Å². The summed E-state index contributed by atoms with van der Waals surface area (Å²) >= 11 is 6.08. The Hall–Kier alpha value is -2.01. The predicted molar refractivity (Wildman–Crippen MR) is 80.8 cm³/mol. The standard InChI is InChI=1S/C15H17ClN2O3/c1-4-12(15(19)17-14-8-10(3)21-18-14)20-13-7-9(2)5-6-11(13)16/h5-8,12H,4H2,1-3H3,(H,17,18,19). The highest BCUT2D eigenvalue weighted by atomic mass is 35.5. The number of hydrogen-bond donors (Lipinski definition) is 1. The van der Waals surface area contributed by atoms with Crippen LogP contribution in [0, 0.1) is 13.8 Å². The quantitative estimate of drug-likeness (QED) is 0.914. The van der Waals surface area contributed by atoms with Crippen molar-refractivity contribution >= 4 is 23.3 Å². The van der Waals surface area contributed by atoms with Crippen LogP contribution in [-0.4, -0.2) is 17.2 Å². The molecule has 1 unspecified atom stereocenters. The van der Waals surface area contributed by atoms with E-state index < -0.39 is 6.10 Å². The number of carbonyl (C=O) groups is 1. The summed E-state index contributed by atoms with van der Waals surface area (Å²) in [6, 6.07) is 7.08. The molecule has 0 saturated heterocycles. The molecule has 0 aliphatic carbocycles. The Kier molecular flexibility index (Phi) is 4.85. The van der Waals surface area contributed by atoms with Crippen molar-refractivity contribution < 1.29 is 14.1 Å². The Labute approximate surface area is 128 Å². The number of nitrogens with zero attached hydrogens (tertiary/aromatic N) is 1. The second-order valence-corrected chi connectivity index (χ2v) is 5.17. The minimum absolute atomic E-state index is 0.289. The zero-order valence-electron chi connectivity index (χ0n) is 12.1. The van der Waals surface area contributed by atoms with Gasteiger partial charge in [-0.05, 0) is 38.0 Å². The van der Waals surface area contributed by atoms with Gasteiger partial charge < -0.3 is 14.6 Å². The second-order valence-electron chi connectivity index (χ2n) is 4.76. The third-order valence-electron chi connectivity index (χ3n) is 2.90. The van der Waals surface area contributed by atoms with E-state index in [0.29, 0.717) is 28.8 Å². The van der Waals surface area contributed by atoms with Gasteiger partial charge in [0.1, 0.15) is 11.5 Å². The van der Waals surface area contributed by atoms with E-state index in [2.05, 4.69) is 10.5 Å². The summed E-state index contributed by atoms with van der Waals surface area (Å²) in [5, 5.41) is 6.85. The van der Waals surface area contributed by atoms with E-state index in [4.69, 9.17) is 20.9 Å². The van der Waals surface area contributed by atoms with Crippen molar-refractivity contribution in [1.82, 2.24) is 5.16 Å². The van der Waals surface area contributed by atoms with Crippen LogP contribution in [0.5, 0.6) is 5.75 Å². The first-order valence-electron chi connectivity index (χ1n) is 6.66. The molecule has 112 valence electrons. The third kappa shape index (κ3) is 3.98. The van der Waals surface area contributed by atoms with E-state index in [1.54, 1.807) is 25.1 Å². The lowest BCUT2D eigenvalue weighted by atomic mass is 10.2. The van der Waals surface area contributed by atoms with Crippen molar-refractivity contribution in [3.8, 4) is 5.75 Å². The van der Waals surface area contributed by atoms with Crippen LogP contribution in [0.1, 0.15) is 24.7 Å². The molecule has 1 aromatic carbocycles. The van der Waals surface area contributed by atoms with Crippen LogP contribution in [0.15, 0.2) is 28.8 Å². The number of anilines is 1. The first-order valence-corrected chi connectivity index (χ1v) is 7.04. The molecular weight excluding hydrogens is 292 g/mol. The SMILES string of the molecule is CCC(Oc1cc(C)ccc1Cl)C(=O)Nc1cc(C)on1. The smallest absolute Gasteiger partial charge is 0.266 e. The minimum atomic E-state index is -0.652. The van der Waals surface area contributed by atoms with Crippen molar-refractivity contribution in [3.63, 3.8) is 0 Å². The number of rotatable bonds is 5. The van der Waals surface area contributed by atoms with Crippen molar-refractivity contribution in [2.75, 3.05) is 5.32 Å². The maximum atomic E-state index is 12.2. The summed E-state index contributed by atoms with van der Waals surface area (Å²) in [5.41, 5.74) is 1.01. The van der Waals surface area contributed by atoms with Crippen LogP contribution in [0.25, 0.3) is 0 Å². The largest absolute Gasteiger partial charge is 0.479 e. The van der Waals surface area contributed by atoms with Gasteiger partial charge in [-0.25, -0.2) is 0 Å². The Balaban J connectivity index is 2.08. The molecule has 5 nitrogen and oxygen atoms in total. The molecule has 1 aromatic heterocycles. The molecule has 0 saturated carbocycles. The van der Waals surface area contributed by atoms with Gasteiger partial charge in [0.25, 0.3) is 5.91 Å². The van der Waals surface area contributed by atoms with E-state index in [1.165, 1.54) is 0 Å². The summed E-state index contributed by atoms with van der Waals surface area (Å²) in [5.74, 6) is 1.20. The van der Waals surface area contributed by atoms with Gasteiger partial charge in [-0.2, -0.15) is 0 Å². The first-order chi connectivity index (χ1) is 9.99. The lowest BCUT2D eigenvalue weighted by Crippen LogP contribution is -2.32. The van der Waals surface area contributed by atoms with Crippen LogP contribution < -0.4 is 10.1 Å². The number of carbonyl (C=O) groups excluding carboxylic acids is 1. The van der Waals surface area contributed by atoms with Crippen molar-refractivity contribution in [2.45, 2.75) is 33.3 Å². The summed E-state index contributed by atoms with van der Waals surface area (Å²) in [7, 11) is 0. The highest BCUT2D eigenvalue weighted by Gasteiger charge is 2.20. The topological polar surface area (TPSA) is 64.4 Å². The number of ether oxygens (including phenoxy) is 1. The van der Waals surface area contributed by atoms with E-state index in [-0.39, 0.29) is 5.91 Å². The summed E-state index contributed by atoms with van der Waals surface area (Å²) < 4.78 is 10.6. The normalized spacial score (nSPS) is 12.0. The molecular formula is C15H17ClN2O3. The average molecular weight is 309 g/mol. The van der Waals surface area contributed by atoms with Gasteiger partial charge in [0.05, 0.1) is 5.02 Å². The van der Waals surface area contributed by atoms with Gasteiger partial charge in [0, 0.05) is 6.07 Å². The maximum absolute atomic E-state index is 12.2. The average Bonchev–Trinajstić information content (AvgIpc) is 2.84. The van der Waals surface area contributed by atoms with Gasteiger partial charge >= 0.3 is 0 Å². The highest BCUT2D eigenvalue weighted by molar-refractivity contribution is 6.32. The molecule has 0 spiro atoms. The fraction of sp³-hybridized carbons (Fsp3) is 0.333. The van der Waals surface area contributed by atoms with Crippen LogP contribution in [0.3, 0.4) is 0 Å². The molecule has 1 atom stereocenters. The molecule has 1 heterocycles. The molecule has 0 radical (unpaired) electrons. The lowest BCUT2D eigenvalue weighted by molar-refractivity contribution is -0.122. The van der Waals surface area contributed by atoms with Gasteiger partial charge in [-0.3, -0.25) is 4.79 Å². The number of hydrogen-bond acceptors (Lipinski definition) is 4. The van der Waals surface area contributed by atoms with Crippen LogP contribution in [0.2, 0.25) is 5.02 Å². The fourth-order valence-electron chi connectivity index (χ4n) is 1.81. The Morgan fingerprint density at radius 2 is 2.19 bits per heavy atom. The fourth-order valence-corrected chi connectivity index (χ4v) is 1.97.